The predicted molar refractivity (Wildman–Crippen MR) is 78.0 cm³/mol. The van der Waals surface area contributed by atoms with Crippen LogP contribution in [0.5, 0.6) is 0 Å². The number of rotatable bonds is 3. The third-order valence-corrected chi connectivity index (χ3v) is 4.77. The van der Waals surface area contributed by atoms with E-state index in [0.717, 1.165) is 38.0 Å². The maximum atomic E-state index is 12.7. The second-order valence-electron chi connectivity index (χ2n) is 6.73. The minimum atomic E-state index is 0.0241. The van der Waals surface area contributed by atoms with Crippen LogP contribution in [0.25, 0.3) is 0 Å². The van der Waals surface area contributed by atoms with Crippen molar-refractivity contribution in [3.8, 4) is 0 Å². The minimum Gasteiger partial charge on any atom is -0.341 e. The summed E-state index contributed by atoms with van der Waals surface area (Å²) in [5, 5.41) is 3.48. The molecule has 2 aliphatic heterocycles. The highest BCUT2D eigenvalue weighted by Crippen LogP contribution is 2.27. The third-order valence-electron chi connectivity index (χ3n) is 4.77. The van der Waals surface area contributed by atoms with Crippen molar-refractivity contribution >= 4 is 5.91 Å². The van der Waals surface area contributed by atoms with Gasteiger partial charge < -0.3 is 10.2 Å². The molecule has 2 saturated heterocycles. The summed E-state index contributed by atoms with van der Waals surface area (Å²) in [4.78, 5) is 16.9. The molecule has 19 heavy (non-hydrogen) atoms. The second-order valence-corrected chi connectivity index (χ2v) is 6.73. The summed E-state index contributed by atoms with van der Waals surface area (Å²) >= 11 is 0. The van der Waals surface area contributed by atoms with Crippen LogP contribution in [0, 0.1) is 17.8 Å². The lowest BCUT2D eigenvalue weighted by atomic mass is 9.92. The Balaban J connectivity index is 1.99. The van der Waals surface area contributed by atoms with Crippen molar-refractivity contribution < 1.29 is 4.79 Å². The van der Waals surface area contributed by atoms with Gasteiger partial charge in [-0.15, -0.1) is 0 Å². The van der Waals surface area contributed by atoms with E-state index in [1.165, 1.54) is 12.8 Å². The molecule has 4 nitrogen and oxygen atoms in total. The average molecular weight is 267 g/mol. The van der Waals surface area contributed by atoms with Gasteiger partial charge in [-0.05, 0) is 57.8 Å². The topological polar surface area (TPSA) is 35.6 Å². The first-order valence-electron chi connectivity index (χ1n) is 7.66. The normalized spacial score (nSPS) is 29.5. The molecule has 0 aromatic carbocycles. The average Bonchev–Trinajstić information content (AvgIpc) is 2.67. The van der Waals surface area contributed by atoms with Gasteiger partial charge in [-0.25, -0.2) is 0 Å². The molecule has 2 rings (SSSR count). The minimum absolute atomic E-state index is 0.0241. The van der Waals surface area contributed by atoms with Crippen LogP contribution in [-0.4, -0.2) is 62.0 Å². The molecule has 0 saturated carbocycles. The van der Waals surface area contributed by atoms with Crippen LogP contribution in [-0.2, 0) is 4.79 Å². The molecule has 0 aromatic rings. The van der Waals surface area contributed by atoms with Crippen LogP contribution in [0.1, 0.15) is 26.7 Å². The van der Waals surface area contributed by atoms with E-state index >= 15 is 0 Å². The quantitative estimate of drug-likeness (QED) is 0.829. The number of likely N-dealkylation sites (N-methyl/N-ethyl adjacent to an activating group) is 1. The van der Waals surface area contributed by atoms with Gasteiger partial charge in [0.05, 0.1) is 6.04 Å². The van der Waals surface area contributed by atoms with Crippen molar-refractivity contribution in [1.82, 2.24) is 15.1 Å². The van der Waals surface area contributed by atoms with Crippen LogP contribution < -0.4 is 5.32 Å². The molecule has 4 heteroatoms. The van der Waals surface area contributed by atoms with Crippen molar-refractivity contribution in [3.05, 3.63) is 0 Å². The molecule has 2 heterocycles. The molecule has 1 unspecified atom stereocenters. The monoisotopic (exact) mass is 267 g/mol. The van der Waals surface area contributed by atoms with Gasteiger partial charge in [-0.3, -0.25) is 9.69 Å². The lowest BCUT2D eigenvalue weighted by Gasteiger charge is -2.32. The highest BCUT2D eigenvalue weighted by atomic mass is 16.2. The first kappa shape index (κ1) is 14.8. The molecule has 1 N–H and O–H groups in total. The predicted octanol–water partition coefficient (Wildman–Crippen LogP) is 1.03. The van der Waals surface area contributed by atoms with E-state index in [2.05, 4.69) is 29.0 Å². The Kier molecular flexibility index (Phi) is 4.85. The molecule has 0 aromatic heterocycles. The fraction of sp³-hybridized carbons (Fsp3) is 0.933. The molecule has 3 atom stereocenters. The van der Waals surface area contributed by atoms with E-state index in [0.29, 0.717) is 11.8 Å². The summed E-state index contributed by atoms with van der Waals surface area (Å²) in [6.45, 7) is 8.46. The molecule has 0 spiro atoms. The second kappa shape index (κ2) is 6.23. The molecular weight excluding hydrogens is 238 g/mol. The number of nitrogens with zero attached hydrogens (tertiary/aromatic N) is 2. The summed E-state index contributed by atoms with van der Waals surface area (Å²) in [5.41, 5.74) is 0. The lowest BCUT2D eigenvalue weighted by Crippen LogP contribution is -2.49. The SMILES string of the molecule is CC(C)C(C(=O)N1CC[C@@H]2CNC[C@@H]2CC1)N(C)C. The summed E-state index contributed by atoms with van der Waals surface area (Å²) < 4.78 is 0. The largest absolute Gasteiger partial charge is 0.341 e. The first-order valence-corrected chi connectivity index (χ1v) is 7.66. The molecule has 110 valence electrons. The summed E-state index contributed by atoms with van der Waals surface area (Å²) in [7, 11) is 4.03. The number of carbonyl (C=O) groups is 1. The highest BCUT2D eigenvalue weighted by molar-refractivity contribution is 5.82. The number of amides is 1. The van der Waals surface area contributed by atoms with Crippen molar-refractivity contribution in [2.45, 2.75) is 32.7 Å². The van der Waals surface area contributed by atoms with E-state index in [-0.39, 0.29) is 6.04 Å². The maximum Gasteiger partial charge on any atom is 0.240 e. The fourth-order valence-corrected chi connectivity index (χ4v) is 3.73. The lowest BCUT2D eigenvalue weighted by molar-refractivity contribution is -0.137. The Morgan fingerprint density at radius 3 is 2.11 bits per heavy atom. The van der Waals surface area contributed by atoms with E-state index in [1.54, 1.807) is 0 Å². The van der Waals surface area contributed by atoms with Gasteiger partial charge in [-0.2, -0.15) is 0 Å². The zero-order valence-electron chi connectivity index (χ0n) is 12.9. The van der Waals surface area contributed by atoms with Gasteiger partial charge in [0, 0.05) is 13.1 Å². The molecule has 0 bridgehead atoms. The van der Waals surface area contributed by atoms with Gasteiger partial charge in [-0.1, -0.05) is 13.8 Å². The molecule has 2 fully saturated rings. The Hall–Kier alpha value is -0.610. The van der Waals surface area contributed by atoms with Crippen LogP contribution >= 0.6 is 0 Å². The summed E-state index contributed by atoms with van der Waals surface area (Å²) in [5.74, 6) is 2.27. The molecule has 0 aliphatic carbocycles. The van der Waals surface area contributed by atoms with Gasteiger partial charge in [0.2, 0.25) is 5.91 Å². The molecular formula is C15H29N3O. The van der Waals surface area contributed by atoms with Gasteiger partial charge in [0.15, 0.2) is 0 Å². The standard InChI is InChI=1S/C15H29N3O/c1-11(2)14(17(3)4)15(19)18-7-5-12-9-16-10-13(12)6-8-18/h11-14,16H,5-10H2,1-4H3/t12-,13+,14?. The molecule has 2 aliphatic rings. The molecule has 0 radical (unpaired) electrons. The number of carbonyl (C=O) groups excluding carboxylic acids is 1. The third kappa shape index (κ3) is 3.29. The van der Waals surface area contributed by atoms with E-state index in [9.17, 15) is 4.79 Å². The Morgan fingerprint density at radius 2 is 1.68 bits per heavy atom. The van der Waals surface area contributed by atoms with Gasteiger partial charge in [0.1, 0.15) is 0 Å². The highest BCUT2D eigenvalue weighted by Gasteiger charge is 2.34. The van der Waals surface area contributed by atoms with E-state index in [4.69, 9.17) is 0 Å². The van der Waals surface area contributed by atoms with E-state index in [1.807, 2.05) is 14.1 Å². The fourth-order valence-electron chi connectivity index (χ4n) is 3.73. The van der Waals surface area contributed by atoms with Gasteiger partial charge >= 0.3 is 0 Å². The maximum absolute atomic E-state index is 12.7. The van der Waals surface area contributed by atoms with Crippen LogP contribution in [0.3, 0.4) is 0 Å². The number of fused-ring (bicyclic) bond motifs is 1. The zero-order valence-corrected chi connectivity index (χ0v) is 12.9. The van der Waals surface area contributed by atoms with Crippen molar-refractivity contribution in [2.24, 2.45) is 17.8 Å². The first-order chi connectivity index (χ1) is 9.00. The summed E-state index contributed by atoms with van der Waals surface area (Å²) in [6, 6.07) is 0.0241. The van der Waals surface area contributed by atoms with E-state index < -0.39 is 0 Å². The van der Waals surface area contributed by atoms with Crippen LogP contribution in [0.4, 0.5) is 0 Å². The number of hydrogen-bond donors (Lipinski definition) is 1. The number of likely N-dealkylation sites (tertiary alicyclic amines) is 1. The van der Waals surface area contributed by atoms with Gasteiger partial charge in [0.25, 0.3) is 0 Å². The smallest absolute Gasteiger partial charge is 0.240 e. The summed E-state index contributed by atoms with van der Waals surface area (Å²) in [6.07, 6.45) is 2.34. The van der Waals surface area contributed by atoms with Crippen LogP contribution in [0.15, 0.2) is 0 Å². The number of hydrogen-bond acceptors (Lipinski definition) is 3. The number of nitrogens with one attached hydrogen (secondary N) is 1. The Morgan fingerprint density at radius 1 is 1.16 bits per heavy atom. The van der Waals surface area contributed by atoms with Crippen molar-refractivity contribution in [1.29, 1.82) is 0 Å². The van der Waals surface area contributed by atoms with Crippen LogP contribution in [0.2, 0.25) is 0 Å². The Labute approximate surface area is 117 Å². The Bertz CT molecular complexity index is 295. The molecule has 1 amide bonds. The van der Waals surface area contributed by atoms with Crippen molar-refractivity contribution in [3.63, 3.8) is 0 Å². The van der Waals surface area contributed by atoms with Crippen molar-refractivity contribution in [2.75, 3.05) is 40.3 Å². The zero-order chi connectivity index (χ0) is 14.0.